The molecule has 2 atom stereocenters. The van der Waals surface area contributed by atoms with E-state index in [-0.39, 0.29) is 6.61 Å². The number of carbonyl (C=O) groups excluding carboxylic acids is 2. The van der Waals surface area contributed by atoms with Gasteiger partial charge in [0, 0.05) is 37.9 Å². The molecule has 1 N–H and O–H groups in total. The van der Waals surface area contributed by atoms with Crippen LogP contribution >= 0.6 is 0 Å². The number of aliphatic imine (C=N–C) groups is 1. The number of rotatable bonds is 6. The molecule has 0 aromatic heterocycles. The Hall–Kier alpha value is -3.75. The summed E-state index contributed by atoms with van der Waals surface area (Å²) in [6, 6.07) is 14.5. The molecule has 2 aliphatic rings. The first-order valence-electron chi connectivity index (χ1n) is 11.4. The van der Waals surface area contributed by atoms with Gasteiger partial charge in [-0.25, -0.2) is 4.99 Å². The largest absolute Gasteiger partial charge is 0.497 e. The van der Waals surface area contributed by atoms with Crippen molar-refractivity contribution in [3.63, 3.8) is 0 Å². The summed E-state index contributed by atoms with van der Waals surface area (Å²) in [6.45, 7) is 4.79. The van der Waals surface area contributed by atoms with Crippen molar-refractivity contribution in [3.05, 3.63) is 54.1 Å². The fourth-order valence-corrected chi connectivity index (χ4v) is 4.25. The van der Waals surface area contributed by atoms with Gasteiger partial charge >= 0.3 is 5.97 Å². The van der Waals surface area contributed by atoms with Crippen LogP contribution in [0.1, 0.15) is 18.5 Å². The molecule has 2 aliphatic heterocycles. The highest BCUT2D eigenvalue weighted by Crippen LogP contribution is 2.32. The summed E-state index contributed by atoms with van der Waals surface area (Å²) in [4.78, 5) is 34.8. The summed E-state index contributed by atoms with van der Waals surface area (Å²) >= 11 is 0. The van der Waals surface area contributed by atoms with Gasteiger partial charge in [0.25, 0.3) is 0 Å². The van der Waals surface area contributed by atoms with Crippen LogP contribution in [0.2, 0.25) is 0 Å². The zero-order chi connectivity index (χ0) is 24.1. The zero-order valence-corrected chi connectivity index (χ0v) is 19.7. The summed E-state index contributed by atoms with van der Waals surface area (Å²) in [5, 5.41) is 2.84. The number of hydrogen-bond acceptors (Lipinski definition) is 8. The highest BCUT2D eigenvalue weighted by molar-refractivity contribution is 6.08. The molecule has 0 spiro atoms. The highest BCUT2D eigenvalue weighted by Gasteiger charge is 2.42. The normalized spacial score (nSPS) is 20.3. The van der Waals surface area contributed by atoms with Gasteiger partial charge < -0.3 is 24.0 Å². The van der Waals surface area contributed by atoms with Crippen LogP contribution in [0.15, 0.2) is 53.5 Å². The Morgan fingerprint density at radius 2 is 1.68 bits per heavy atom. The van der Waals surface area contributed by atoms with Crippen LogP contribution in [-0.2, 0) is 14.3 Å². The molecule has 1 saturated heterocycles. The van der Waals surface area contributed by atoms with Crippen LogP contribution in [0.4, 0.5) is 5.69 Å². The van der Waals surface area contributed by atoms with Crippen LogP contribution in [0.5, 0.6) is 11.5 Å². The molecule has 1 fully saturated rings. The van der Waals surface area contributed by atoms with Gasteiger partial charge in [0.15, 0.2) is 5.92 Å². The van der Waals surface area contributed by atoms with E-state index in [0.717, 1.165) is 30.1 Å². The van der Waals surface area contributed by atoms with Crippen LogP contribution < -0.4 is 19.7 Å². The van der Waals surface area contributed by atoms with E-state index in [1.807, 2.05) is 35.2 Å². The Kier molecular flexibility index (Phi) is 7.20. The molecule has 34 heavy (non-hydrogen) atoms. The lowest BCUT2D eigenvalue weighted by molar-refractivity contribution is -0.153. The van der Waals surface area contributed by atoms with Gasteiger partial charge in [-0.2, -0.15) is 0 Å². The maximum absolute atomic E-state index is 13.1. The third kappa shape index (κ3) is 4.93. The first-order valence-corrected chi connectivity index (χ1v) is 11.4. The second kappa shape index (κ2) is 10.5. The predicted molar refractivity (Wildman–Crippen MR) is 128 cm³/mol. The Morgan fingerprint density at radius 3 is 2.32 bits per heavy atom. The second-order valence-electron chi connectivity index (χ2n) is 8.07. The molecule has 9 nitrogen and oxygen atoms in total. The fourth-order valence-electron chi connectivity index (χ4n) is 4.25. The second-order valence-corrected chi connectivity index (χ2v) is 8.07. The summed E-state index contributed by atoms with van der Waals surface area (Å²) in [7, 11) is 3.25. The quantitative estimate of drug-likeness (QED) is 0.516. The third-order valence-electron chi connectivity index (χ3n) is 6.09. The molecule has 0 radical (unpaired) electrons. The smallest absolute Gasteiger partial charge is 0.321 e. The molecule has 4 rings (SSSR count). The van der Waals surface area contributed by atoms with Gasteiger partial charge in [-0.3, -0.25) is 14.9 Å². The molecule has 0 bridgehead atoms. The topological polar surface area (TPSA) is 92.7 Å². The van der Waals surface area contributed by atoms with E-state index in [0.29, 0.717) is 24.8 Å². The highest BCUT2D eigenvalue weighted by atomic mass is 16.5. The molecule has 9 heteroatoms. The number of anilines is 1. The summed E-state index contributed by atoms with van der Waals surface area (Å²) in [5.41, 5.74) is 1.84. The molecule has 0 unspecified atom stereocenters. The number of guanidine groups is 1. The van der Waals surface area contributed by atoms with Crippen molar-refractivity contribution >= 4 is 23.5 Å². The summed E-state index contributed by atoms with van der Waals surface area (Å²) < 4.78 is 15.8. The third-order valence-corrected chi connectivity index (χ3v) is 6.09. The number of nitrogens with one attached hydrogen (secondary N) is 1. The minimum atomic E-state index is -1.05. The first kappa shape index (κ1) is 23.4. The minimum absolute atomic E-state index is 0.195. The standard InChI is InChI=1S/C25H30N4O5/c1-4-34-24(31)21-22(17-8-10-19(32-2)11-9-17)26-25(27-23(21)30)29-14-12-28(13-15-29)18-6-5-7-20(16-18)33-3/h5-11,16,21-22H,4,12-15H2,1-3H3,(H,26,27,30)/t21-,22-/m1/s1. The molecule has 1 amide bonds. The van der Waals surface area contributed by atoms with Gasteiger partial charge in [-0.15, -0.1) is 0 Å². The molecule has 0 aliphatic carbocycles. The average molecular weight is 467 g/mol. The predicted octanol–water partition coefficient (Wildman–Crippen LogP) is 2.23. The number of nitrogens with zero attached hydrogens (tertiary/aromatic N) is 3. The van der Waals surface area contributed by atoms with Gasteiger partial charge in [-0.05, 0) is 36.8 Å². The van der Waals surface area contributed by atoms with Crippen molar-refractivity contribution in [2.45, 2.75) is 13.0 Å². The number of ether oxygens (including phenoxy) is 3. The fraction of sp³-hybridized carbons (Fsp3) is 0.400. The van der Waals surface area contributed by atoms with Crippen molar-refractivity contribution in [2.75, 3.05) is 51.9 Å². The monoisotopic (exact) mass is 466 g/mol. The molecular formula is C25H30N4O5. The minimum Gasteiger partial charge on any atom is -0.497 e. The number of esters is 1. The number of hydrogen-bond donors (Lipinski definition) is 1. The molecule has 180 valence electrons. The van der Waals surface area contributed by atoms with Crippen LogP contribution in [0.25, 0.3) is 0 Å². The summed E-state index contributed by atoms with van der Waals surface area (Å²) in [6.07, 6.45) is 0. The van der Waals surface area contributed by atoms with Crippen LogP contribution in [-0.4, -0.2) is 69.7 Å². The average Bonchev–Trinajstić information content (AvgIpc) is 2.88. The van der Waals surface area contributed by atoms with E-state index >= 15 is 0 Å². The van der Waals surface area contributed by atoms with Crippen molar-refractivity contribution in [1.82, 2.24) is 10.2 Å². The lowest BCUT2D eigenvalue weighted by atomic mass is 9.91. The maximum atomic E-state index is 13.1. The first-order chi connectivity index (χ1) is 16.5. The number of benzene rings is 2. The SMILES string of the molecule is CCOC(=O)[C@H]1C(=O)NC(N2CCN(c3cccc(OC)c3)CC2)=N[C@@H]1c1ccc(OC)cc1. The number of amides is 1. The lowest BCUT2D eigenvalue weighted by Gasteiger charge is -2.39. The number of carbonyl (C=O) groups is 2. The van der Waals surface area contributed by atoms with Crippen LogP contribution in [0, 0.1) is 5.92 Å². The van der Waals surface area contributed by atoms with Crippen molar-refractivity contribution in [2.24, 2.45) is 10.9 Å². The Bertz CT molecular complexity index is 1050. The lowest BCUT2D eigenvalue weighted by Crippen LogP contribution is -2.57. The van der Waals surface area contributed by atoms with Gasteiger partial charge in [-0.1, -0.05) is 18.2 Å². The van der Waals surface area contributed by atoms with Crippen molar-refractivity contribution in [1.29, 1.82) is 0 Å². The Morgan fingerprint density at radius 1 is 1.00 bits per heavy atom. The zero-order valence-electron chi connectivity index (χ0n) is 19.7. The molecule has 2 heterocycles. The van der Waals surface area contributed by atoms with E-state index in [9.17, 15) is 9.59 Å². The van der Waals surface area contributed by atoms with E-state index < -0.39 is 23.8 Å². The molecule has 2 aromatic rings. The van der Waals surface area contributed by atoms with Crippen molar-refractivity contribution in [3.8, 4) is 11.5 Å². The van der Waals surface area contributed by atoms with Crippen LogP contribution in [0.3, 0.4) is 0 Å². The molecular weight excluding hydrogens is 436 g/mol. The Balaban J connectivity index is 1.55. The van der Waals surface area contributed by atoms with E-state index in [2.05, 4.69) is 16.3 Å². The number of methoxy groups -OCH3 is 2. The van der Waals surface area contributed by atoms with E-state index in [1.54, 1.807) is 33.3 Å². The van der Waals surface area contributed by atoms with Crippen molar-refractivity contribution < 1.29 is 23.8 Å². The molecule has 2 aromatic carbocycles. The Labute approximate surface area is 199 Å². The molecule has 0 saturated carbocycles. The van der Waals surface area contributed by atoms with E-state index in [4.69, 9.17) is 19.2 Å². The van der Waals surface area contributed by atoms with Gasteiger partial charge in [0.05, 0.1) is 20.8 Å². The number of piperazine rings is 1. The summed E-state index contributed by atoms with van der Waals surface area (Å²) in [5.74, 6) is -0.0384. The van der Waals surface area contributed by atoms with Gasteiger partial charge in [0.2, 0.25) is 11.9 Å². The van der Waals surface area contributed by atoms with E-state index in [1.165, 1.54) is 0 Å². The van der Waals surface area contributed by atoms with Gasteiger partial charge in [0.1, 0.15) is 17.5 Å². The maximum Gasteiger partial charge on any atom is 0.321 e.